The largest absolute Gasteiger partial charge is 0.484 e. The summed E-state index contributed by atoms with van der Waals surface area (Å²) in [5.41, 5.74) is 2.60. The lowest BCUT2D eigenvalue weighted by atomic mass is 9.97. The Balaban J connectivity index is 1.52. The Hall–Kier alpha value is -2.91. The maximum atomic E-state index is 13.0. The summed E-state index contributed by atoms with van der Waals surface area (Å²) in [4.78, 5) is 24.4. The Labute approximate surface area is 195 Å². The average molecular weight is 474 g/mol. The molecule has 3 rings (SSSR count). The van der Waals surface area contributed by atoms with Crippen molar-refractivity contribution in [1.29, 1.82) is 0 Å². The highest BCUT2D eigenvalue weighted by atomic mass is 32.2. The number of piperidine rings is 1. The normalized spacial score (nSPS) is 15.1. The van der Waals surface area contributed by atoms with Gasteiger partial charge in [0.25, 0.3) is 5.91 Å². The number of nitrogens with zero attached hydrogens (tertiary/aromatic N) is 1. The molecular weight excluding hydrogens is 442 g/mol. The highest BCUT2D eigenvalue weighted by Gasteiger charge is 2.32. The molecule has 2 amide bonds. The first-order chi connectivity index (χ1) is 15.7. The van der Waals surface area contributed by atoms with Crippen LogP contribution in [0, 0.1) is 19.8 Å². The first-order valence-corrected chi connectivity index (χ1v) is 12.5. The molecule has 9 heteroatoms. The Morgan fingerprint density at radius 2 is 1.70 bits per heavy atom. The molecule has 1 aliphatic rings. The summed E-state index contributed by atoms with van der Waals surface area (Å²) < 4.78 is 32.8. The number of amides is 2. The number of sulfonamides is 1. The average Bonchev–Trinajstić information content (AvgIpc) is 2.80. The van der Waals surface area contributed by atoms with Crippen LogP contribution in [0.5, 0.6) is 5.75 Å². The molecule has 0 radical (unpaired) electrons. The van der Waals surface area contributed by atoms with E-state index in [1.807, 2.05) is 26.8 Å². The van der Waals surface area contributed by atoms with Crippen molar-refractivity contribution in [1.82, 2.24) is 9.62 Å². The van der Waals surface area contributed by atoms with Crippen molar-refractivity contribution in [3.8, 4) is 5.75 Å². The maximum absolute atomic E-state index is 13.0. The summed E-state index contributed by atoms with van der Waals surface area (Å²) in [6, 6.07) is 12.0. The van der Waals surface area contributed by atoms with Crippen LogP contribution in [-0.2, 0) is 19.6 Å². The fourth-order valence-electron chi connectivity index (χ4n) is 3.66. The van der Waals surface area contributed by atoms with Crippen molar-refractivity contribution in [3.63, 3.8) is 0 Å². The zero-order valence-corrected chi connectivity index (χ0v) is 20.1. The summed E-state index contributed by atoms with van der Waals surface area (Å²) in [6.07, 6.45) is 0.924. The predicted octanol–water partition coefficient (Wildman–Crippen LogP) is 2.86. The van der Waals surface area contributed by atoms with Gasteiger partial charge in [0.2, 0.25) is 15.9 Å². The fraction of sp³-hybridized carbons (Fsp3) is 0.417. The van der Waals surface area contributed by atoms with Gasteiger partial charge in [0.05, 0.1) is 4.90 Å². The van der Waals surface area contributed by atoms with Gasteiger partial charge in [0, 0.05) is 31.2 Å². The molecule has 0 aliphatic carbocycles. The number of benzene rings is 2. The highest BCUT2D eigenvalue weighted by Crippen LogP contribution is 2.26. The monoisotopic (exact) mass is 473 g/mol. The molecule has 0 unspecified atom stereocenters. The summed E-state index contributed by atoms with van der Waals surface area (Å²) in [6.45, 7) is 6.77. The van der Waals surface area contributed by atoms with Gasteiger partial charge >= 0.3 is 0 Å². The molecule has 0 spiro atoms. The van der Waals surface area contributed by atoms with E-state index in [9.17, 15) is 18.0 Å². The van der Waals surface area contributed by atoms with Gasteiger partial charge in [0.1, 0.15) is 5.75 Å². The van der Waals surface area contributed by atoms with Crippen molar-refractivity contribution in [2.24, 2.45) is 5.92 Å². The van der Waals surface area contributed by atoms with E-state index in [0.717, 1.165) is 11.1 Å². The van der Waals surface area contributed by atoms with Gasteiger partial charge in [-0.3, -0.25) is 9.59 Å². The minimum absolute atomic E-state index is 0.0663. The van der Waals surface area contributed by atoms with E-state index in [1.54, 1.807) is 36.4 Å². The van der Waals surface area contributed by atoms with Crippen LogP contribution in [0.1, 0.15) is 30.9 Å². The molecule has 0 atom stereocenters. The second kappa shape index (κ2) is 10.8. The first-order valence-electron chi connectivity index (χ1n) is 11.1. The number of hydrogen-bond acceptors (Lipinski definition) is 5. The summed E-state index contributed by atoms with van der Waals surface area (Å²) in [5.74, 6) is -0.0519. The predicted molar refractivity (Wildman–Crippen MR) is 127 cm³/mol. The van der Waals surface area contributed by atoms with E-state index in [2.05, 4.69) is 10.6 Å². The van der Waals surface area contributed by atoms with Crippen LogP contribution >= 0.6 is 0 Å². The number of ether oxygens (including phenoxy) is 1. The van der Waals surface area contributed by atoms with E-state index in [-0.39, 0.29) is 24.3 Å². The molecule has 0 aromatic heterocycles. The Morgan fingerprint density at radius 3 is 2.30 bits per heavy atom. The minimum atomic E-state index is -3.57. The van der Waals surface area contributed by atoms with E-state index < -0.39 is 10.0 Å². The molecule has 8 nitrogen and oxygen atoms in total. The Bertz CT molecular complexity index is 1090. The lowest BCUT2D eigenvalue weighted by molar-refractivity contribution is -0.123. The topological polar surface area (TPSA) is 105 Å². The molecule has 178 valence electrons. The van der Waals surface area contributed by atoms with Crippen LogP contribution in [0.2, 0.25) is 0 Å². The summed E-state index contributed by atoms with van der Waals surface area (Å²) >= 11 is 0. The van der Waals surface area contributed by atoms with Gasteiger partial charge in [-0.25, -0.2) is 8.42 Å². The van der Waals surface area contributed by atoms with Crippen molar-refractivity contribution in [2.45, 2.75) is 38.5 Å². The zero-order chi connectivity index (χ0) is 24.0. The van der Waals surface area contributed by atoms with Crippen LogP contribution in [0.15, 0.2) is 47.4 Å². The van der Waals surface area contributed by atoms with Gasteiger partial charge < -0.3 is 15.4 Å². The van der Waals surface area contributed by atoms with Gasteiger partial charge in [-0.05, 0) is 81.1 Å². The van der Waals surface area contributed by atoms with Crippen LogP contribution in [0.4, 0.5) is 5.69 Å². The number of anilines is 1. The number of carbonyl (C=O) groups is 2. The Morgan fingerprint density at radius 1 is 1.03 bits per heavy atom. The molecule has 1 fully saturated rings. The standard InChI is InChI=1S/C24H31N3O5S/c1-4-25-23(28)16-32-21-8-6-20(7-9-21)26-24(29)19-11-13-27(14-12-19)33(30,31)22-10-5-17(2)18(3)15-22/h5-10,15,19H,4,11-14,16H2,1-3H3,(H,25,28)(H,26,29). The lowest BCUT2D eigenvalue weighted by Gasteiger charge is -2.30. The molecule has 1 saturated heterocycles. The first kappa shape index (κ1) is 24.7. The van der Waals surface area contributed by atoms with Crippen molar-refractivity contribution in [2.75, 3.05) is 31.6 Å². The molecule has 33 heavy (non-hydrogen) atoms. The number of aryl methyl sites for hydroxylation is 2. The molecule has 1 heterocycles. The molecule has 0 saturated carbocycles. The van der Waals surface area contributed by atoms with E-state index >= 15 is 0 Å². The number of rotatable bonds is 8. The van der Waals surface area contributed by atoms with Crippen LogP contribution in [0.3, 0.4) is 0 Å². The molecular formula is C24H31N3O5S. The van der Waals surface area contributed by atoms with Gasteiger partial charge in [-0.1, -0.05) is 6.07 Å². The van der Waals surface area contributed by atoms with Gasteiger partial charge in [-0.15, -0.1) is 0 Å². The third kappa shape index (κ3) is 6.33. The lowest BCUT2D eigenvalue weighted by Crippen LogP contribution is -2.41. The minimum Gasteiger partial charge on any atom is -0.484 e. The Kier molecular flexibility index (Phi) is 8.10. The summed E-state index contributed by atoms with van der Waals surface area (Å²) in [5, 5.41) is 5.53. The third-order valence-corrected chi connectivity index (χ3v) is 7.70. The highest BCUT2D eigenvalue weighted by molar-refractivity contribution is 7.89. The van der Waals surface area contributed by atoms with E-state index in [0.29, 0.717) is 48.8 Å². The molecule has 2 aromatic rings. The molecule has 2 N–H and O–H groups in total. The summed E-state index contributed by atoms with van der Waals surface area (Å²) in [7, 11) is -3.57. The number of likely N-dealkylation sites (N-methyl/N-ethyl adjacent to an activating group) is 1. The smallest absolute Gasteiger partial charge is 0.257 e. The zero-order valence-electron chi connectivity index (χ0n) is 19.3. The number of carbonyl (C=O) groups excluding carboxylic acids is 2. The van der Waals surface area contributed by atoms with Crippen molar-refractivity contribution >= 4 is 27.5 Å². The third-order valence-electron chi connectivity index (χ3n) is 5.81. The number of hydrogen-bond donors (Lipinski definition) is 2. The second-order valence-corrected chi connectivity index (χ2v) is 10.1. The molecule has 0 bridgehead atoms. The molecule has 2 aromatic carbocycles. The van der Waals surface area contributed by atoms with Crippen LogP contribution < -0.4 is 15.4 Å². The number of nitrogens with one attached hydrogen (secondary N) is 2. The van der Waals surface area contributed by atoms with E-state index in [4.69, 9.17) is 4.74 Å². The van der Waals surface area contributed by atoms with E-state index in [1.165, 1.54) is 4.31 Å². The van der Waals surface area contributed by atoms with Crippen LogP contribution in [-0.4, -0.2) is 50.8 Å². The fourth-order valence-corrected chi connectivity index (χ4v) is 5.21. The quantitative estimate of drug-likeness (QED) is 0.613. The SMILES string of the molecule is CCNC(=O)COc1ccc(NC(=O)C2CCN(S(=O)(=O)c3ccc(C)c(C)c3)CC2)cc1. The molecule has 1 aliphatic heterocycles. The van der Waals surface area contributed by atoms with Crippen molar-refractivity contribution < 1.29 is 22.7 Å². The van der Waals surface area contributed by atoms with Crippen LogP contribution in [0.25, 0.3) is 0 Å². The van der Waals surface area contributed by atoms with Gasteiger partial charge in [0.15, 0.2) is 6.61 Å². The van der Waals surface area contributed by atoms with Crippen molar-refractivity contribution in [3.05, 3.63) is 53.6 Å². The maximum Gasteiger partial charge on any atom is 0.257 e. The second-order valence-electron chi connectivity index (χ2n) is 8.18. The van der Waals surface area contributed by atoms with Gasteiger partial charge in [-0.2, -0.15) is 4.31 Å².